The van der Waals surface area contributed by atoms with Gasteiger partial charge in [0.1, 0.15) is 22.8 Å². The lowest BCUT2D eigenvalue weighted by atomic mass is 9.46. The van der Waals surface area contributed by atoms with Crippen molar-refractivity contribution in [2.45, 2.75) is 38.3 Å². The number of hydrogen-bond acceptors (Lipinski definition) is 9. The van der Waals surface area contributed by atoms with Crippen molar-refractivity contribution in [2.75, 3.05) is 14.1 Å². The SMILES string of the molecule is CN(C)[C@@H]1C(=O)C(C(N)=O)=C(O)[C@@]2(O)C(=O)C3=C(O)c4c(O)ccc(C#CC(N)=O)c4C[C@@]3(C)C[C@@]12C. The molecule has 1 fully saturated rings. The molecule has 0 bridgehead atoms. The zero-order chi connectivity index (χ0) is 27.8. The number of benzene rings is 1. The number of Topliss-reactive ketones (excluding diaryl/α,β-unsaturated/α-hetero) is 2. The average Bonchev–Trinajstić information content (AvgIpc) is 2.75. The molecule has 4 rings (SSSR count). The number of amides is 2. The third-order valence-electron chi connectivity index (χ3n) is 7.84. The van der Waals surface area contributed by atoms with E-state index >= 15 is 0 Å². The Labute approximate surface area is 212 Å². The minimum absolute atomic E-state index is 0.0117. The molecule has 8 N–H and O–H groups in total. The normalized spacial score (nSPS) is 30.8. The number of carbonyl (C=O) groups is 4. The zero-order valence-electron chi connectivity index (χ0n) is 20.7. The highest BCUT2D eigenvalue weighted by molar-refractivity contribution is 6.25. The van der Waals surface area contributed by atoms with Gasteiger partial charge in [0, 0.05) is 22.0 Å². The number of carbonyl (C=O) groups excluding carboxylic acids is 4. The molecule has 1 aromatic carbocycles. The van der Waals surface area contributed by atoms with Gasteiger partial charge in [0.15, 0.2) is 11.4 Å². The fourth-order valence-corrected chi connectivity index (χ4v) is 6.57. The van der Waals surface area contributed by atoms with Crippen LogP contribution in [0.2, 0.25) is 0 Å². The first-order valence-corrected chi connectivity index (χ1v) is 11.3. The molecule has 0 unspecified atom stereocenters. The number of aromatic hydroxyl groups is 1. The van der Waals surface area contributed by atoms with E-state index in [2.05, 4.69) is 11.8 Å². The van der Waals surface area contributed by atoms with E-state index in [4.69, 9.17) is 11.5 Å². The summed E-state index contributed by atoms with van der Waals surface area (Å²) in [7, 11) is 3.05. The summed E-state index contributed by atoms with van der Waals surface area (Å²) in [6, 6.07) is 1.41. The summed E-state index contributed by atoms with van der Waals surface area (Å²) in [6.07, 6.45) is -0.109. The average molecular weight is 510 g/mol. The summed E-state index contributed by atoms with van der Waals surface area (Å²) in [4.78, 5) is 52.3. The van der Waals surface area contributed by atoms with Gasteiger partial charge in [-0.15, -0.1) is 0 Å². The Balaban J connectivity index is 2.08. The number of phenols is 1. The second kappa shape index (κ2) is 7.93. The van der Waals surface area contributed by atoms with Gasteiger partial charge in [0.25, 0.3) is 11.8 Å². The quantitative estimate of drug-likeness (QED) is 0.226. The van der Waals surface area contributed by atoms with Gasteiger partial charge in [-0.2, -0.15) is 0 Å². The fourth-order valence-electron chi connectivity index (χ4n) is 6.57. The van der Waals surface area contributed by atoms with Gasteiger partial charge in [0.2, 0.25) is 5.78 Å². The van der Waals surface area contributed by atoms with Crippen molar-refractivity contribution in [3.05, 3.63) is 45.7 Å². The van der Waals surface area contributed by atoms with Crippen LogP contribution in [0.3, 0.4) is 0 Å². The highest BCUT2D eigenvalue weighted by Crippen LogP contribution is 2.63. The van der Waals surface area contributed by atoms with Crippen LogP contribution >= 0.6 is 0 Å². The van der Waals surface area contributed by atoms with E-state index in [1.807, 2.05) is 0 Å². The molecule has 0 spiro atoms. The lowest BCUT2D eigenvalue weighted by Gasteiger charge is -2.59. The number of phenolic OH excluding ortho intramolecular Hbond substituents is 1. The number of aliphatic hydroxyl groups is 3. The first-order valence-electron chi connectivity index (χ1n) is 11.3. The summed E-state index contributed by atoms with van der Waals surface area (Å²) in [5.41, 5.74) is 4.09. The maximum Gasteiger partial charge on any atom is 0.293 e. The second-order valence-corrected chi connectivity index (χ2v) is 10.5. The number of primary amides is 2. The van der Waals surface area contributed by atoms with Gasteiger partial charge in [-0.3, -0.25) is 24.1 Å². The summed E-state index contributed by atoms with van der Waals surface area (Å²) in [5, 5.41) is 44.8. The maximum absolute atomic E-state index is 14.1. The van der Waals surface area contributed by atoms with Gasteiger partial charge in [-0.25, -0.2) is 0 Å². The predicted molar refractivity (Wildman–Crippen MR) is 130 cm³/mol. The van der Waals surface area contributed by atoms with Crippen molar-refractivity contribution in [1.29, 1.82) is 0 Å². The predicted octanol–water partition coefficient (Wildman–Crippen LogP) is -0.419. The fraction of sp³-hybridized carbons (Fsp3) is 0.385. The molecule has 2 amide bonds. The highest BCUT2D eigenvalue weighted by Gasteiger charge is 2.72. The molecule has 0 aliphatic heterocycles. The lowest BCUT2D eigenvalue weighted by molar-refractivity contribution is -0.176. The molecule has 1 saturated carbocycles. The van der Waals surface area contributed by atoms with Crippen LogP contribution in [0.15, 0.2) is 29.0 Å². The molecular formula is C26H27N3O8. The molecule has 0 heterocycles. The van der Waals surface area contributed by atoms with Crippen LogP contribution in [0.25, 0.3) is 5.76 Å². The van der Waals surface area contributed by atoms with Crippen molar-refractivity contribution < 1.29 is 39.6 Å². The summed E-state index contributed by atoms with van der Waals surface area (Å²) in [5.74, 6) is -1.57. The van der Waals surface area contributed by atoms with Crippen molar-refractivity contribution >= 4 is 29.1 Å². The molecule has 0 saturated heterocycles. The molecule has 0 radical (unpaired) electrons. The number of nitrogens with two attached hydrogens (primary N) is 2. The van der Waals surface area contributed by atoms with Crippen LogP contribution in [0.4, 0.5) is 0 Å². The van der Waals surface area contributed by atoms with Gasteiger partial charge >= 0.3 is 0 Å². The molecule has 11 heteroatoms. The Morgan fingerprint density at radius 1 is 1.11 bits per heavy atom. The van der Waals surface area contributed by atoms with E-state index in [9.17, 15) is 39.6 Å². The van der Waals surface area contributed by atoms with Gasteiger partial charge in [-0.1, -0.05) is 19.8 Å². The van der Waals surface area contributed by atoms with Crippen molar-refractivity contribution in [3.8, 4) is 17.6 Å². The molecule has 11 nitrogen and oxygen atoms in total. The number of nitrogens with zero attached hydrogens (tertiary/aromatic N) is 1. The van der Waals surface area contributed by atoms with E-state index in [1.54, 1.807) is 6.92 Å². The van der Waals surface area contributed by atoms with Crippen molar-refractivity contribution in [1.82, 2.24) is 4.90 Å². The third kappa shape index (κ3) is 3.22. The number of rotatable bonds is 2. The second-order valence-electron chi connectivity index (χ2n) is 10.5. The number of likely N-dealkylation sites (N-methyl/N-ethyl adjacent to an activating group) is 1. The Bertz CT molecular complexity index is 1450. The highest BCUT2D eigenvalue weighted by atomic mass is 16.3. The Morgan fingerprint density at radius 2 is 1.73 bits per heavy atom. The molecule has 194 valence electrons. The Morgan fingerprint density at radius 3 is 2.27 bits per heavy atom. The van der Waals surface area contributed by atoms with E-state index in [0.717, 1.165) is 0 Å². The monoisotopic (exact) mass is 509 g/mol. The van der Waals surface area contributed by atoms with E-state index in [0.29, 0.717) is 5.56 Å². The van der Waals surface area contributed by atoms with E-state index in [-0.39, 0.29) is 35.3 Å². The lowest BCUT2D eigenvalue weighted by Crippen LogP contribution is -2.72. The third-order valence-corrected chi connectivity index (χ3v) is 7.84. The molecule has 3 aliphatic rings. The van der Waals surface area contributed by atoms with Gasteiger partial charge < -0.3 is 31.9 Å². The molecule has 0 aromatic heterocycles. The minimum Gasteiger partial charge on any atom is -0.508 e. The van der Waals surface area contributed by atoms with E-state index < -0.39 is 62.9 Å². The molecular weight excluding hydrogens is 482 g/mol. The van der Waals surface area contributed by atoms with Crippen LogP contribution in [-0.2, 0) is 25.6 Å². The first kappa shape index (κ1) is 25.9. The van der Waals surface area contributed by atoms with E-state index in [1.165, 1.54) is 38.1 Å². The topological polar surface area (TPSA) is 204 Å². The summed E-state index contributed by atoms with van der Waals surface area (Å²) < 4.78 is 0. The molecule has 4 atom stereocenters. The van der Waals surface area contributed by atoms with Crippen LogP contribution < -0.4 is 11.5 Å². The largest absolute Gasteiger partial charge is 0.508 e. The first-order chi connectivity index (χ1) is 17.0. The van der Waals surface area contributed by atoms with Crippen LogP contribution in [-0.4, -0.2) is 74.4 Å². The van der Waals surface area contributed by atoms with Gasteiger partial charge in [-0.05, 0) is 50.6 Å². The maximum atomic E-state index is 14.1. The smallest absolute Gasteiger partial charge is 0.293 e. The van der Waals surface area contributed by atoms with Crippen LogP contribution in [0.5, 0.6) is 5.75 Å². The summed E-state index contributed by atoms with van der Waals surface area (Å²) >= 11 is 0. The molecule has 37 heavy (non-hydrogen) atoms. The zero-order valence-corrected chi connectivity index (χ0v) is 20.7. The summed E-state index contributed by atoms with van der Waals surface area (Å²) in [6.45, 7) is 3.09. The van der Waals surface area contributed by atoms with Crippen LogP contribution in [0, 0.1) is 22.7 Å². The number of aliphatic hydroxyl groups excluding tert-OH is 2. The number of fused-ring (bicyclic) bond motifs is 3. The van der Waals surface area contributed by atoms with Crippen molar-refractivity contribution in [2.24, 2.45) is 22.3 Å². The van der Waals surface area contributed by atoms with Crippen molar-refractivity contribution in [3.63, 3.8) is 0 Å². The van der Waals surface area contributed by atoms with Crippen LogP contribution in [0.1, 0.15) is 37.0 Å². The van der Waals surface area contributed by atoms with Gasteiger partial charge in [0.05, 0.1) is 11.6 Å². The standard InChI is InChI=1S/C26H27N3O8/c1-24-9-12-11(6-8-14(27)31)5-7-13(30)15(12)18(32)17(24)22(35)26(37)21(34)16(23(28)36)19(33)20(29(3)4)25(26,2)10-24/h5,7,20,30,32,34,37H,9-10H2,1-4H3,(H2,27,31)(H2,28,36)/t20-,24+,25+,26-/m1/s1. The Kier molecular flexibility index (Phi) is 5.56. The number of ketones is 2. The Hall–Kier alpha value is -4.14. The molecule has 1 aromatic rings. The molecule has 3 aliphatic carbocycles. The minimum atomic E-state index is -2.79. The number of hydrogen-bond donors (Lipinski definition) is 6.